The zero-order chi connectivity index (χ0) is 20.9. The van der Waals surface area contributed by atoms with Crippen molar-refractivity contribution in [1.82, 2.24) is 0 Å². The van der Waals surface area contributed by atoms with E-state index in [0.717, 1.165) is 36.7 Å². The number of rotatable bonds is 0. The van der Waals surface area contributed by atoms with Gasteiger partial charge in [0.25, 0.3) is 0 Å². The van der Waals surface area contributed by atoms with Crippen LogP contribution < -0.4 is 5.73 Å². The molecule has 12 atom stereocenters. The third kappa shape index (κ3) is 2.61. The summed E-state index contributed by atoms with van der Waals surface area (Å²) in [7, 11) is 0. The minimum Gasteiger partial charge on any atom is -0.349 e. The van der Waals surface area contributed by atoms with Crippen LogP contribution in [-0.2, 0) is 9.47 Å². The van der Waals surface area contributed by atoms with Crippen LogP contribution >= 0.6 is 0 Å². The van der Waals surface area contributed by atoms with Crippen LogP contribution in [0.2, 0.25) is 0 Å². The minimum atomic E-state index is -0.268. The summed E-state index contributed by atoms with van der Waals surface area (Å²) in [6.07, 6.45) is 13.7. The maximum atomic E-state index is 6.92. The first-order valence-electron chi connectivity index (χ1n) is 13.3. The van der Waals surface area contributed by atoms with Gasteiger partial charge in [0.05, 0.1) is 12.7 Å². The number of ether oxygens (including phenoxy) is 2. The molecule has 4 aliphatic carbocycles. The van der Waals surface area contributed by atoms with Crippen molar-refractivity contribution in [3.8, 4) is 0 Å². The van der Waals surface area contributed by atoms with Crippen LogP contribution in [0.15, 0.2) is 0 Å². The van der Waals surface area contributed by atoms with Gasteiger partial charge in [0, 0.05) is 18.4 Å². The Morgan fingerprint density at radius 3 is 2.40 bits per heavy atom. The first kappa shape index (κ1) is 20.5. The summed E-state index contributed by atoms with van der Waals surface area (Å²) in [5.41, 5.74) is 7.40. The molecule has 0 aromatic rings. The van der Waals surface area contributed by atoms with E-state index in [1.807, 2.05) is 0 Å². The summed E-state index contributed by atoms with van der Waals surface area (Å²) in [6.45, 7) is 11.0. The Labute approximate surface area is 184 Å². The summed E-state index contributed by atoms with van der Waals surface area (Å²) in [5, 5.41) is 0. The number of nitrogens with two attached hydrogens (primary N) is 1. The normalized spacial score (nSPS) is 62.5. The van der Waals surface area contributed by atoms with Gasteiger partial charge in [0.15, 0.2) is 5.79 Å². The first-order chi connectivity index (χ1) is 14.3. The molecule has 4 saturated carbocycles. The Balaban J connectivity index is 1.26. The van der Waals surface area contributed by atoms with E-state index in [1.54, 1.807) is 0 Å². The second-order valence-corrected chi connectivity index (χ2v) is 13.2. The van der Waals surface area contributed by atoms with Crippen LogP contribution in [0.25, 0.3) is 0 Å². The van der Waals surface area contributed by atoms with E-state index in [1.165, 1.54) is 57.8 Å². The minimum absolute atomic E-state index is 0.268. The van der Waals surface area contributed by atoms with E-state index in [4.69, 9.17) is 15.2 Å². The molecule has 0 radical (unpaired) electrons. The van der Waals surface area contributed by atoms with Gasteiger partial charge in [-0.15, -0.1) is 0 Å². The summed E-state index contributed by atoms with van der Waals surface area (Å²) >= 11 is 0. The Kier molecular flexibility index (Phi) is 4.58. The zero-order valence-electron chi connectivity index (χ0n) is 19.9. The van der Waals surface area contributed by atoms with E-state index in [0.29, 0.717) is 40.7 Å². The van der Waals surface area contributed by atoms with Crippen LogP contribution in [0.3, 0.4) is 0 Å². The van der Waals surface area contributed by atoms with Gasteiger partial charge in [-0.05, 0) is 104 Å². The van der Waals surface area contributed by atoms with Gasteiger partial charge in [-0.2, -0.15) is 0 Å². The predicted molar refractivity (Wildman–Crippen MR) is 120 cm³/mol. The van der Waals surface area contributed by atoms with E-state index < -0.39 is 0 Å². The molecule has 0 amide bonds. The highest BCUT2D eigenvalue weighted by atomic mass is 16.7. The van der Waals surface area contributed by atoms with Crippen LogP contribution in [0.1, 0.15) is 91.9 Å². The number of fused-ring (bicyclic) bond motifs is 7. The molecule has 0 aromatic heterocycles. The van der Waals surface area contributed by atoms with Crippen LogP contribution in [0, 0.1) is 52.3 Å². The van der Waals surface area contributed by atoms with Gasteiger partial charge in [0.2, 0.25) is 0 Å². The molecule has 2 N–H and O–H groups in total. The maximum Gasteiger partial charge on any atom is 0.171 e. The maximum absolute atomic E-state index is 6.92. The third-order valence-corrected chi connectivity index (χ3v) is 12.0. The van der Waals surface area contributed by atoms with Crippen molar-refractivity contribution in [3.05, 3.63) is 0 Å². The Bertz CT molecular complexity index is 686. The summed E-state index contributed by atoms with van der Waals surface area (Å²) < 4.78 is 13.4. The second kappa shape index (κ2) is 6.70. The molecular formula is C27H45NO2. The molecule has 3 heteroatoms. The summed E-state index contributed by atoms with van der Waals surface area (Å²) in [4.78, 5) is 0. The third-order valence-electron chi connectivity index (χ3n) is 12.0. The molecule has 2 heterocycles. The SMILES string of the molecule is C[C@@H]1CC[C@@]2(OC1)O[C@H]1C[C@@H]3[C@@H]4CC[C@H]5C[C@@H](N)CC[C@]5(C)[C@@H]4CC[C@]3(C)[C@@H]1[C@@H]2C. The molecule has 6 aliphatic rings. The average molecular weight is 416 g/mol. The lowest BCUT2D eigenvalue weighted by molar-refractivity contribution is -0.273. The van der Waals surface area contributed by atoms with Crippen molar-refractivity contribution in [2.24, 2.45) is 58.0 Å². The number of hydrogen-bond acceptors (Lipinski definition) is 3. The monoisotopic (exact) mass is 415 g/mol. The molecule has 30 heavy (non-hydrogen) atoms. The highest BCUT2D eigenvalue weighted by Gasteiger charge is 2.69. The molecule has 3 nitrogen and oxygen atoms in total. The lowest BCUT2D eigenvalue weighted by Gasteiger charge is -2.61. The average Bonchev–Trinajstić information content (AvgIpc) is 3.16. The fraction of sp³-hybridized carbons (Fsp3) is 1.00. The van der Waals surface area contributed by atoms with Gasteiger partial charge in [-0.1, -0.05) is 27.7 Å². The van der Waals surface area contributed by atoms with E-state index in [-0.39, 0.29) is 5.79 Å². The summed E-state index contributed by atoms with van der Waals surface area (Å²) in [6, 6.07) is 0.461. The van der Waals surface area contributed by atoms with Gasteiger partial charge in [-0.25, -0.2) is 0 Å². The van der Waals surface area contributed by atoms with Crippen molar-refractivity contribution in [3.63, 3.8) is 0 Å². The molecule has 170 valence electrons. The van der Waals surface area contributed by atoms with Crippen molar-refractivity contribution >= 4 is 0 Å². The lowest BCUT2D eigenvalue weighted by atomic mass is 9.44. The molecular weight excluding hydrogens is 370 g/mol. The standard InChI is InChI=1S/C27H45NO2/c1-16-7-12-27(29-15-16)17(2)24-23(30-27)14-22-20-6-5-18-13-19(28)8-10-25(18,3)21(20)9-11-26(22,24)4/h16-24H,5-15,28H2,1-4H3/t16-,17+,18+,19+,20-,21-,22-,23+,24-,25+,26+,27-/m1/s1. The molecule has 6 rings (SSSR count). The number of hydrogen-bond donors (Lipinski definition) is 1. The molecule has 0 bridgehead atoms. The van der Waals surface area contributed by atoms with Crippen molar-refractivity contribution in [2.75, 3.05) is 6.61 Å². The van der Waals surface area contributed by atoms with Crippen LogP contribution in [0.4, 0.5) is 0 Å². The van der Waals surface area contributed by atoms with Crippen molar-refractivity contribution < 1.29 is 9.47 Å². The van der Waals surface area contributed by atoms with Crippen molar-refractivity contribution in [1.29, 1.82) is 0 Å². The molecule has 0 aromatic carbocycles. The van der Waals surface area contributed by atoms with Gasteiger partial charge < -0.3 is 15.2 Å². The fourth-order valence-corrected chi connectivity index (χ4v) is 10.3. The Morgan fingerprint density at radius 2 is 1.63 bits per heavy atom. The highest BCUT2D eigenvalue weighted by Crippen LogP contribution is 2.71. The highest BCUT2D eigenvalue weighted by molar-refractivity contribution is 5.15. The van der Waals surface area contributed by atoms with Crippen LogP contribution in [-0.4, -0.2) is 24.5 Å². The fourth-order valence-electron chi connectivity index (χ4n) is 10.3. The molecule has 2 aliphatic heterocycles. The van der Waals surface area contributed by atoms with Crippen molar-refractivity contribution in [2.45, 2.75) is 110 Å². The van der Waals surface area contributed by atoms with Gasteiger partial charge in [-0.3, -0.25) is 0 Å². The molecule has 1 spiro atoms. The van der Waals surface area contributed by atoms with Gasteiger partial charge in [0.1, 0.15) is 0 Å². The lowest BCUT2D eigenvalue weighted by Crippen LogP contribution is -2.55. The smallest absolute Gasteiger partial charge is 0.171 e. The van der Waals surface area contributed by atoms with E-state index >= 15 is 0 Å². The molecule has 2 saturated heterocycles. The second-order valence-electron chi connectivity index (χ2n) is 13.2. The quantitative estimate of drug-likeness (QED) is 0.547. The van der Waals surface area contributed by atoms with E-state index in [2.05, 4.69) is 27.7 Å². The molecule has 0 unspecified atom stereocenters. The Morgan fingerprint density at radius 1 is 0.833 bits per heavy atom. The van der Waals surface area contributed by atoms with E-state index in [9.17, 15) is 0 Å². The predicted octanol–water partition coefficient (Wildman–Crippen LogP) is 5.76. The first-order valence-corrected chi connectivity index (χ1v) is 13.3. The van der Waals surface area contributed by atoms with Crippen LogP contribution in [0.5, 0.6) is 0 Å². The van der Waals surface area contributed by atoms with Gasteiger partial charge >= 0.3 is 0 Å². The topological polar surface area (TPSA) is 44.5 Å². The summed E-state index contributed by atoms with van der Waals surface area (Å²) in [5.74, 6) is 5.25. The molecule has 6 fully saturated rings. The largest absolute Gasteiger partial charge is 0.349 e. The zero-order valence-corrected chi connectivity index (χ0v) is 19.9. The Hall–Kier alpha value is -0.120.